The van der Waals surface area contributed by atoms with Gasteiger partial charge in [-0.05, 0) is 39.5 Å². The SMILES string of the molecule is CC(C)(C)OC(=O)NCC1CC(C[B-](F)(F)F)C1.[K+]. The van der Waals surface area contributed by atoms with Crippen LogP contribution in [0.5, 0.6) is 0 Å². The van der Waals surface area contributed by atoms with E-state index >= 15 is 0 Å². The molecule has 1 aliphatic rings. The van der Waals surface area contributed by atoms with Gasteiger partial charge in [-0.3, -0.25) is 0 Å². The summed E-state index contributed by atoms with van der Waals surface area (Å²) in [4.78, 5) is 11.3. The Bertz CT molecular complexity index is 301. The molecule has 106 valence electrons. The maximum absolute atomic E-state index is 12.1. The number of amides is 1. The van der Waals surface area contributed by atoms with Crippen molar-refractivity contribution in [1.29, 1.82) is 0 Å². The first-order valence-corrected chi connectivity index (χ1v) is 6.23. The van der Waals surface area contributed by atoms with Gasteiger partial charge in [0.2, 0.25) is 0 Å². The normalized spacial score (nSPS) is 23.1. The molecule has 1 rings (SSSR count). The Morgan fingerprint density at radius 2 is 1.79 bits per heavy atom. The maximum atomic E-state index is 12.1. The Labute approximate surface area is 154 Å². The molecule has 1 aliphatic carbocycles. The van der Waals surface area contributed by atoms with Crippen LogP contribution in [-0.2, 0) is 4.74 Å². The Hall–Kier alpha value is 0.761. The van der Waals surface area contributed by atoms with Gasteiger partial charge in [0, 0.05) is 6.54 Å². The fraction of sp³-hybridized carbons (Fsp3) is 0.909. The molecule has 19 heavy (non-hydrogen) atoms. The number of carbonyl (C=O) groups is 1. The van der Waals surface area contributed by atoms with Gasteiger partial charge in [-0.25, -0.2) is 4.79 Å². The molecule has 8 heteroatoms. The first-order chi connectivity index (χ1) is 8.05. The van der Waals surface area contributed by atoms with Crippen molar-refractivity contribution in [3.05, 3.63) is 0 Å². The van der Waals surface area contributed by atoms with E-state index in [0.29, 0.717) is 19.4 Å². The van der Waals surface area contributed by atoms with Crippen molar-refractivity contribution in [1.82, 2.24) is 5.32 Å². The van der Waals surface area contributed by atoms with Crippen molar-refractivity contribution in [3.8, 4) is 0 Å². The molecule has 0 bridgehead atoms. The van der Waals surface area contributed by atoms with Crippen LogP contribution >= 0.6 is 0 Å². The second-order valence-electron chi connectivity index (χ2n) is 6.03. The predicted octanol–water partition coefficient (Wildman–Crippen LogP) is 0.389. The molecule has 0 saturated heterocycles. The summed E-state index contributed by atoms with van der Waals surface area (Å²) in [5.41, 5.74) is -0.551. The average Bonchev–Trinajstić information content (AvgIpc) is 2.03. The van der Waals surface area contributed by atoms with Gasteiger partial charge in [0.25, 0.3) is 0 Å². The molecule has 0 unspecified atom stereocenters. The number of alkyl carbamates (subject to hydrolysis) is 1. The minimum atomic E-state index is -4.68. The van der Waals surface area contributed by atoms with Crippen molar-refractivity contribution in [3.63, 3.8) is 0 Å². The van der Waals surface area contributed by atoms with Crippen LogP contribution in [0.3, 0.4) is 0 Å². The molecule has 0 aromatic rings. The minimum absolute atomic E-state index is 0. The van der Waals surface area contributed by atoms with E-state index in [-0.39, 0.29) is 63.2 Å². The van der Waals surface area contributed by atoms with E-state index in [1.165, 1.54) is 0 Å². The average molecular weight is 305 g/mol. The number of halogens is 3. The second-order valence-corrected chi connectivity index (χ2v) is 6.03. The molecule has 1 saturated carbocycles. The minimum Gasteiger partial charge on any atom is -0.449 e. The molecule has 1 fully saturated rings. The Morgan fingerprint density at radius 3 is 2.21 bits per heavy atom. The van der Waals surface area contributed by atoms with Crippen molar-refractivity contribution < 1.29 is 73.9 Å². The van der Waals surface area contributed by atoms with Crippen molar-refractivity contribution in [2.24, 2.45) is 11.8 Å². The third-order valence-electron chi connectivity index (χ3n) is 2.87. The largest absolute Gasteiger partial charge is 1.00 e. The summed E-state index contributed by atoms with van der Waals surface area (Å²) in [6.07, 6.45) is -0.0807. The molecule has 0 aromatic carbocycles. The molecule has 1 amide bonds. The van der Waals surface area contributed by atoms with Gasteiger partial charge in [0.05, 0.1) is 0 Å². The van der Waals surface area contributed by atoms with E-state index in [2.05, 4.69) is 5.32 Å². The molecule has 0 radical (unpaired) electrons. The summed E-state index contributed by atoms with van der Waals surface area (Å²) in [5, 5.41) is 2.59. The van der Waals surface area contributed by atoms with E-state index < -0.39 is 25.0 Å². The third kappa shape index (κ3) is 9.34. The van der Waals surface area contributed by atoms with Gasteiger partial charge in [-0.1, -0.05) is 12.2 Å². The number of hydrogen-bond acceptors (Lipinski definition) is 2. The molecule has 0 heterocycles. The quantitative estimate of drug-likeness (QED) is 0.763. The van der Waals surface area contributed by atoms with Crippen LogP contribution in [0.25, 0.3) is 0 Å². The molecular formula is C11H20BF3KNO2. The van der Waals surface area contributed by atoms with Crippen LogP contribution in [0, 0.1) is 11.8 Å². The maximum Gasteiger partial charge on any atom is 1.00 e. The van der Waals surface area contributed by atoms with Gasteiger partial charge in [0.15, 0.2) is 0 Å². The summed E-state index contributed by atoms with van der Waals surface area (Å²) in [6, 6.07) is 0. The standard InChI is InChI=1S/C11H20BF3NO2.K/c1-11(2,3)18-10(17)16-7-9-4-8(5-9)6-12(13,14)15;/h8-9H,4-7H2,1-3H3,(H,16,17);/q-1;+1. The van der Waals surface area contributed by atoms with E-state index in [1.54, 1.807) is 20.8 Å². The zero-order valence-electron chi connectivity index (χ0n) is 12.0. The van der Waals surface area contributed by atoms with Crippen LogP contribution < -0.4 is 56.7 Å². The molecule has 1 N–H and O–H groups in total. The summed E-state index contributed by atoms with van der Waals surface area (Å²) in [6.45, 7) is 1.01. The number of rotatable bonds is 4. The summed E-state index contributed by atoms with van der Waals surface area (Å²) in [7, 11) is 0. The van der Waals surface area contributed by atoms with Crippen LogP contribution in [0.4, 0.5) is 17.7 Å². The number of nitrogens with one attached hydrogen (secondary N) is 1. The van der Waals surface area contributed by atoms with Crippen molar-refractivity contribution in [2.45, 2.75) is 45.5 Å². The van der Waals surface area contributed by atoms with E-state index in [4.69, 9.17) is 4.74 Å². The first-order valence-electron chi connectivity index (χ1n) is 6.23. The zero-order valence-corrected chi connectivity index (χ0v) is 15.1. The fourth-order valence-corrected chi connectivity index (χ4v) is 2.15. The molecule has 0 spiro atoms. The van der Waals surface area contributed by atoms with E-state index in [1.807, 2.05) is 0 Å². The zero-order chi connectivity index (χ0) is 14.0. The third-order valence-corrected chi connectivity index (χ3v) is 2.87. The molecule has 0 aromatic heterocycles. The Kier molecular flexibility index (Phi) is 7.99. The van der Waals surface area contributed by atoms with E-state index in [0.717, 1.165) is 0 Å². The summed E-state index contributed by atoms with van der Waals surface area (Å²) >= 11 is 0. The number of ether oxygens (including phenoxy) is 1. The van der Waals surface area contributed by atoms with Crippen LogP contribution in [0.15, 0.2) is 0 Å². The van der Waals surface area contributed by atoms with Crippen LogP contribution in [0.2, 0.25) is 6.32 Å². The first kappa shape index (κ1) is 19.8. The summed E-state index contributed by atoms with van der Waals surface area (Å²) < 4.78 is 41.4. The Morgan fingerprint density at radius 1 is 1.26 bits per heavy atom. The molecular weight excluding hydrogens is 285 g/mol. The fourth-order valence-electron chi connectivity index (χ4n) is 2.15. The van der Waals surface area contributed by atoms with Crippen LogP contribution in [-0.4, -0.2) is 25.2 Å². The number of hydrogen-bond donors (Lipinski definition) is 1. The summed E-state index contributed by atoms with van der Waals surface area (Å²) in [5.74, 6) is -0.101. The molecule has 0 atom stereocenters. The molecule has 0 aliphatic heterocycles. The van der Waals surface area contributed by atoms with Gasteiger partial charge in [-0.15, -0.1) is 0 Å². The van der Waals surface area contributed by atoms with E-state index in [9.17, 15) is 17.7 Å². The van der Waals surface area contributed by atoms with Gasteiger partial charge >= 0.3 is 64.5 Å². The monoisotopic (exact) mass is 305 g/mol. The topological polar surface area (TPSA) is 38.3 Å². The van der Waals surface area contributed by atoms with Crippen LogP contribution in [0.1, 0.15) is 33.6 Å². The molecule has 3 nitrogen and oxygen atoms in total. The van der Waals surface area contributed by atoms with Gasteiger partial charge in [0.1, 0.15) is 5.60 Å². The van der Waals surface area contributed by atoms with Gasteiger partial charge in [-0.2, -0.15) is 0 Å². The predicted molar refractivity (Wildman–Crippen MR) is 64.3 cm³/mol. The van der Waals surface area contributed by atoms with Gasteiger partial charge < -0.3 is 23.0 Å². The Balaban J connectivity index is 0.00000324. The van der Waals surface area contributed by atoms with Crippen molar-refractivity contribution >= 4 is 13.1 Å². The second kappa shape index (κ2) is 7.68. The smallest absolute Gasteiger partial charge is 0.449 e. The number of carbonyl (C=O) groups excluding carboxylic acids is 1. The van der Waals surface area contributed by atoms with Crippen molar-refractivity contribution in [2.75, 3.05) is 6.54 Å².